The minimum atomic E-state index is -0.257. The Bertz CT molecular complexity index is 1260. The number of rotatable bonds is 3. The van der Waals surface area contributed by atoms with E-state index in [-0.39, 0.29) is 28.3 Å². The molecule has 0 unspecified atom stereocenters. The number of fused-ring (bicyclic) bond motifs is 2. The zero-order valence-electron chi connectivity index (χ0n) is 15.5. The summed E-state index contributed by atoms with van der Waals surface area (Å²) in [4.78, 5) is 31.8. The molecule has 27 heavy (non-hydrogen) atoms. The van der Waals surface area contributed by atoms with Gasteiger partial charge >= 0.3 is 0 Å². The Balaban J connectivity index is 2.12. The van der Waals surface area contributed by atoms with E-state index in [1.807, 2.05) is 69.3 Å². The molecule has 4 aromatic rings. The predicted octanol–water partition coefficient (Wildman–Crippen LogP) is 4.70. The highest BCUT2D eigenvalue weighted by molar-refractivity contribution is 7.24. The SMILES string of the molecule is CC(C)c1nc2sc3ccccc3c(=O)c2c(=O)n1[C@@H](C)c1ccccc1. The fraction of sp³-hybridized carbons (Fsp3) is 0.227. The van der Waals surface area contributed by atoms with Gasteiger partial charge in [-0.25, -0.2) is 4.98 Å². The van der Waals surface area contributed by atoms with E-state index >= 15 is 0 Å². The van der Waals surface area contributed by atoms with E-state index in [4.69, 9.17) is 4.98 Å². The van der Waals surface area contributed by atoms with Crippen molar-refractivity contribution in [2.24, 2.45) is 0 Å². The van der Waals surface area contributed by atoms with Gasteiger partial charge in [-0.2, -0.15) is 0 Å². The Labute approximate surface area is 160 Å². The van der Waals surface area contributed by atoms with Gasteiger partial charge in [-0.1, -0.05) is 56.3 Å². The Morgan fingerprint density at radius 2 is 1.59 bits per heavy atom. The first-order valence-corrected chi connectivity index (χ1v) is 9.83. The second kappa shape index (κ2) is 6.74. The summed E-state index contributed by atoms with van der Waals surface area (Å²) in [5, 5.41) is 0.760. The van der Waals surface area contributed by atoms with Gasteiger partial charge in [-0.15, -0.1) is 11.3 Å². The highest BCUT2D eigenvalue weighted by atomic mass is 32.1. The van der Waals surface area contributed by atoms with E-state index in [1.165, 1.54) is 11.3 Å². The van der Waals surface area contributed by atoms with Crippen LogP contribution in [0, 0.1) is 0 Å². The van der Waals surface area contributed by atoms with Crippen molar-refractivity contribution < 1.29 is 0 Å². The summed E-state index contributed by atoms with van der Waals surface area (Å²) in [5.74, 6) is 0.761. The summed E-state index contributed by atoms with van der Waals surface area (Å²) in [6.45, 7) is 6.02. The van der Waals surface area contributed by atoms with E-state index in [0.717, 1.165) is 10.3 Å². The van der Waals surface area contributed by atoms with Crippen LogP contribution in [0.3, 0.4) is 0 Å². The molecule has 1 atom stereocenters. The van der Waals surface area contributed by atoms with Gasteiger partial charge in [0.25, 0.3) is 5.56 Å². The zero-order chi connectivity index (χ0) is 19.1. The van der Waals surface area contributed by atoms with Crippen LogP contribution in [0.15, 0.2) is 64.2 Å². The van der Waals surface area contributed by atoms with Crippen LogP contribution in [-0.4, -0.2) is 9.55 Å². The summed E-state index contributed by atoms with van der Waals surface area (Å²) in [6, 6.07) is 17.0. The van der Waals surface area contributed by atoms with Gasteiger partial charge in [0.15, 0.2) is 0 Å². The fourth-order valence-electron chi connectivity index (χ4n) is 3.44. The van der Waals surface area contributed by atoms with Crippen LogP contribution in [0.1, 0.15) is 44.1 Å². The molecule has 0 radical (unpaired) electrons. The van der Waals surface area contributed by atoms with Crippen LogP contribution in [-0.2, 0) is 0 Å². The molecule has 4 nitrogen and oxygen atoms in total. The number of hydrogen-bond donors (Lipinski definition) is 0. The molecule has 4 rings (SSSR count). The lowest BCUT2D eigenvalue weighted by Gasteiger charge is -2.22. The quantitative estimate of drug-likeness (QED) is 0.487. The molecule has 0 amide bonds. The highest BCUT2D eigenvalue weighted by Crippen LogP contribution is 2.26. The van der Waals surface area contributed by atoms with Gasteiger partial charge in [-0.05, 0) is 24.6 Å². The largest absolute Gasteiger partial charge is 0.288 e. The lowest BCUT2D eigenvalue weighted by Crippen LogP contribution is -2.31. The van der Waals surface area contributed by atoms with Crippen LogP contribution in [0.4, 0.5) is 0 Å². The van der Waals surface area contributed by atoms with Crippen LogP contribution in [0.2, 0.25) is 0 Å². The Hall–Kier alpha value is -2.79. The topological polar surface area (TPSA) is 52.0 Å². The lowest BCUT2D eigenvalue weighted by molar-refractivity contribution is 0.549. The number of aromatic nitrogens is 2. The molecule has 2 heterocycles. The molecular formula is C22H20N2O2S. The Kier molecular flexibility index (Phi) is 4.40. The van der Waals surface area contributed by atoms with Crippen molar-refractivity contribution in [1.82, 2.24) is 9.55 Å². The minimum absolute atomic E-state index is 0.0574. The summed E-state index contributed by atoms with van der Waals surface area (Å²) in [5.41, 5.74) is 0.521. The fourth-order valence-corrected chi connectivity index (χ4v) is 4.49. The summed E-state index contributed by atoms with van der Waals surface area (Å²) in [6.07, 6.45) is 0. The van der Waals surface area contributed by atoms with Crippen LogP contribution >= 0.6 is 11.3 Å². The maximum Gasteiger partial charge on any atom is 0.266 e. The molecule has 0 aliphatic carbocycles. The third-order valence-electron chi connectivity index (χ3n) is 4.86. The van der Waals surface area contributed by atoms with Crippen molar-refractivity contribution in [3.8, 4) is 0 Å². The summed E-state index contributed by atoms with van der Waals surface area (Å²) >= 11 is 1.40. The van der Waals surface area contributed by atoms with Crippen molar-refractivity contribution >= 4 is 31.6 Å². The second-order valence-corrected chi connectivity index (χ2v) is 8.02. The van der Waals surface area contributed by atoms with Gasteiger partial charge in [0.1, 0.15) is 16.0 Å². The van der Waals surface area contributed by atoms with Gasteiger partial charge in [0.2, 0.25) is 5.43 Å². The first-order chi connectivity index (χ1) is 13.0. The minimum Gasteiger partial charge on any atom is -0.288 e. The first-order valence-electron chi connectivity index (χ1n) is 9.02. The maximum absolute atomic E-state index is 13.5. The molecule has 0 spiro atoms. The molecule has 0 N–H and O–H groups in total. The average Bonchev–Trinajstić information content (AvgIpc) is 2.68. The number of hydrogen-bond acceptors (Lipinski definition) is 4. The highest BCUT2D eigenvalue weighted by Gasteiger charge is 2.22. The lowest BCUT2D eigenvalue weighted by atomic mass is 10.1. The van der Waals surface area contributed by atoms with Crippen LogP contribution in [0.5, 0.6) is 0 Å². The maximum atomic E-state index is 13.5. The molecule has 0 saturated heterocycles. The Morgan fingerprint density at radius 3 is 2.30 bits per heavy atom. The van der Waals surface area contributed by atoms with E-state index in [1.54, 1.807) is 10.6 Å². The van der Waals surface area contributed by atoms with Crippen molar-refractivity contribution in [3.05, 3.63) is 86.6 Å². The molecule has 0 fully saturated rings. The molecule has 0 saturated carbocycles. The van der Waals surface area contributed by atoms with Gasteiger partial charge in [0.05, 0.1) is 6.04 Å². The standard InChI is InChI=1S/C22H20N2O2S/c1-13(2)20-23-21-18(19(25)16-11-7-8-12-17(16)27-21)22(26)24(20)14(3)15-9-5-4-6-10-15/h4-14H,1-3H3/t14-/m0/s1. The molecule has 5 heteroatoms. The zero-order valence-corrected chi connectivity index (χ0v) is 16.3. The number of nitrogens with zero attached hydrogens (tertiary/aromatic N) is 2. The first kappa shape index (κ1) is 17.6. The molecular weight excluding hydrogens is 356 g/mol. The third kappa shape index (κ3) is 2.88. The summed E-state index contributed by atoms with van der Waals surface area (Å²) < 4.78 is 2.54. The molecule has 136 valence electrons. The third-order valence-corrected chi connectivity index (χ3v) is 5.93. The van der Waals surface area contributed by atoms with Gasteiger partial charge in [-0.3, -0.25) is 14.2 Å². The van der Waals surface area contributed by atoms with Crippen molar-refractivity contribution in [1.29, 1.82) is 0 Å². The smallest absolute Gasteiger partial charge is 0.266 e. The molecule has 0 aliphatic rings. The van der Waals surface area contributed by atoms with Gasteiger partial charge < -0.3 is 0 Å². The number of benzene rings is 2. The summed E-state index contributed by atoms with van der Waals surface area (Å²) in [7, 11) is 0. The van der Waals surface area contributed by atoms with Crippen molar-refractivity contribution in [3.63, 3.8) is 0 Å². The second-order valence-electron chi connectivity index (χ2n) is 6.99. The molecule has 2 aromatic heterocycles. The molecule has 0 bridgehead atoms. The molecule has 0 aliphatic heterocycles. The van der Waals surface area contributed by atoms with E-state index < -0.39 is 0 Å². The van der Waals surface area contributed by atoms with Crippen molar-refractivity contribution in [2.45, 2.75) is 32.7 Å². The Morgan fingerprint density at radius 1 is 0.926 bits per heavy atom. The molecule has 2 aromatic carbocycles. The average molecular weight is 376 g/mol. The van der Waals surface area contributed by atoms with Crippen LogP contribution in [0.25, 0.3) is 20.3 Å². The monoisotopic (exact) mass is 376 g/mol. The van der Waals surface area contributed by atoms with E-state index in [2.05, 4.69) is 0 Å². The normalized spacial score (nSPS) is 12.7. The van der Waals surface area contributed by atoms with Crippen LogP contribution < -0.4 is 11.0 Å². The van der Waals surface area contributed by atoms with Gasteiger partial charge in [0, 0.05) is 16.0 Å². The van der Waals surface area contributed by atoms with E-state index in [9.17, 15) is 9.59 Å². The predicted molar refractivity (Wildman–Crippen MR) is 112 cm³/mol. The van der Waals surface area contributed by atoms with Crippen molar-refractivity contribution in [2.75, 3.05) is 0 Å². The van der Waals surface area contributed by atoms with E-state index in [0.29, 0.717) is 16.0 Å².